The summed E-state index contributed by atoms with van der Waals surface area (Å²) >= 11 is 10.1. The summed E-state index contributed by atoms with van der Waals surface area (Å²) in [6.45, 7) is 0. The van der Waals surface area contributed by atoms with Crippen LogP contribution in [0.15, 0.2) is 44.4 Å². The summed E-state index contributed by atoms with van der Waals surface area (Å²) in [5.74, 6) is 0.347. The van der Waals surface area contributed by atoms with E-state index in [2.05, 4.69) is 20.7 Å². The minimum Gasteiger partial charge on any atom is -0.279 e. The number of rotatable bonds is 4. The van der Waals surface area contributed by atoms with Gasteiger partial charge in [-0.25, -0.2) is 8.42 Å². The molecule has 1 aromatic carbocycles. The molecule has 2 aromatic rings. The van der Waals surface area contributed by atoms with Gasteiger partial charge in [-0.15, -0.1) is 22.9 Å². The van der Waals surface area contributed by atoms with E-state index in [0.717, 1.165) is 20.7 Å². The highest BCUT2D eigenvalue weighted by Crippen LogP contribution is 2.27. The van der Waals surface area contributed by atoms with Gasteiger partial charge in [-0.05, 0) is 45.8 Å². The van der Waals surface area contributed by atoms with E-state index < -0.39 is 10.0 Å². The fraction of sp³-hybridized carbons (Fsp3) is 0.0909. The molecule has 0 atom stereocenters. The van der Waals surface area contributed by atoms with E-state index in [1.165, 1.54) is 0 Å². The van der Waals surface area contributed by atoms with Crippen LogP contribution in [0.2, 0.25) is 0 Å². The Morgan fingerprint density at radius 3 is 2.67 bits per heavy atom. The van der Waals surface area contributed by atoms with Gasteiger partial charge in [0.2, 0.25) is 0 Å². The lowest BCUT2D eigenvalue weighted by Crippen LogP contribution is -2.11. The van der Waals surface area contributed by atoms with Crippen molar-refractivity contribution >= 4 is 54.6 Å². The van der Waals surface area contributed by atoms with Gasteiger partial charge in [-0.3, -0.25) is 4.72 Å². The lowest BCUT2D eigenvalue weighted by molar-refractivity contribution is 0.603. The summed E-state index contributed by atoms with van der Waals surface area (Å²) in [5.41, 5.74) is 1.38. The quantitative estimate of drug-likeness (QED) is 0.830. The molecule has 3 nitrogen and oxygen atoms in total. The molecule has 1 heterocycles. The number of benzene rings is 1. The number of hydrogen-bond donors (Lipinski definition) is 1. The molecule has 1 N–H and O–H groups in total. The lowest BCUT2D eigenvalue weighted by Gasteiger charge is -2.07. The fourth-order valence-corrected chi connectivity index (χ4v) is 4.59. The maximum atomic E-state index is 12.1. The monoisotopic (exact) mass is 365 g/mol. The van der Waals surface area contributed by atoms with Gasteiger partial charge in [-0.2, -0.15) is 0 Å². The number of nitrogens with one attached hydrogen (secondary N) is 1. The second-order valence-corrected chi connectivity index (χ2v) is 8.14. The Hall–Kier alpha value is -0.560. The second-order valence-electron chi connectivity index (χ2n) is 3.50. The van der Waals surface area contributed by atoms with Gasteiger partial charge in [-0.1, -0.05) is 12.1 Å². The summed E-state index contributed by atoms with van der Waals surface area (Å²) < 4.78 is 27.7. The third-order valence-electron chi connectivity index (χ3n) is 2.15. The third kappa shape index (κ3) is 3.26. The first-order chi connectivity index (χ1) is 8.51. The normalized spacial score (nSPS) is 11.4. The van der Waals surface area contributed by atoms with Crippen molar-refractivity contribution in [2.24, 2.45) is 0 Å². The molecule has 0 aliphatic carbocycles. The Morgan fingerprint density at radius 2 is 2.06 bits per heavy atom. The van der Waals surface area contributed by atoms with E-state index in [9.17, 15) is 8.42 Å². The predicted molar refractivity (Wildman–Crippen MR) is 78.8 cm³/mol. The summed E-state index contributed by atoms with van der Waals surface area (Å²) in [5, 5.41) is 0. The number of halogens is 2. The van der Waals surface area contributed by atoms with Crippen molar-refractivity contribution in [3.8, 4) is 0 Å². The van der Waals surface area contributed by atoms with Crippen molar-refractivity contribution in [2.75, 3.05) is 4.72 Å². The van der Waals surface area contributed by atoms with E-state index in [1.54, 1.807) is 30.3 Å². The van der Waals surface area contributed by atoms with Crippen molar-refractivity contribution in [1.29, 1.82) is 0 Å². The van der Waals surface area contributed by atoms with Crippen molar-refractivity contribution in [1.82, 2.24) is 0 Å². The molecule has 7 heteroatoms. The number of alkyl halides is 1. The summed E-state index contributed by atoms with van der Waals surface area (Å²) in [4.78, 5) is 0. The topological polar surface area (TPSA) is 46.2 Å². The van der Waals surface area contributed by atoms with Crippen LogP contribution in [-0.4, -0.2) is 8.42 Å². The van der Waals surface area contributed by atoms with Crippen LogP contribution < -0.4 is 4.72 Å². The minimum absolute atomic E-state index is 0.269. The van der Waals surface area contributed by atoms with Crippen molar-refractivity contribution < 1.29 is 8.42 Å². The van der Waals surface area contributed by atoms with Crippen LogP contribution in [0.1, 0.15) is 5.56 Å². The Bertz CT molecular complexity index is 655. The number of anilines is 1. The first kappa shape index (κ1) is 13.9. The molecule has 0 saturated heterocycles. The SMILES string of the molecule is O=S(=O)(Nc1cccc(CCl)c1)c1ccc(Br)s1. The molecule has 2 rings (SSSR count). The molecule has 18 heavy (non-hydrogen) atoms. The maximum Gasteiger partial charge on any atom is 0.271 e. The molecule has 1 aromatic heterocycles. The van der Waals surface area contributed by atoms with Crippen LogP contribution in [0.4, 0.5) is 5.69 Å². The van der Waals surface area contributed by atoms with Crippen molar-refractivity contribution in [3.05, 3.63) is 45.7 Å². The molecule has 0 aliphatic rings. The maximum absolute atomic E-state index is 12.1. The molecule has 0 aliphatic heterocycles. The average Bonchev–Trinajstić information content (AvgIpc) is 2.76. The zero-order valence-corrected chi connectivity index (χ0v) is 13.0. The molecule has 0 unspecified atom stereocenters. The van der Waals surface area contributed by atoms with Crippen LogP contribution in [-0.2, 0) is 15.9 Å². The van der Waals surface area contributed by atoms with E-state index in [-0.39, 0.29) is 4.21 Å². The second kappa shape index (κ2) is 5.61. The van der Waals surface area contributed by atoms with Gasteiger partial charge in [0.25, 0.3) is 10.0 Å². The molecular weight excluding hydrogens is 358 g/mol. The van der Waals surface area contributed by atoms with E-state index >= 15 is 0 Å². The molecule has 0 bridgehead atoms. The van der Waals surface area contributed by atoms with Gasteiger partial charge in [0, 0.05) is 11.6 Å². The minimum atomic E-state index is -3.52. The summed E-state index contributed by atoms with van der Waals surface area (Å²) in [6.07, 6.45) is 0. The summed E-state index contributed by atoms with van der Waals surface area (Å²) in [6, 6.07) is 10.3. The molecule has 96 valence electrons. The molecule has 0 spiro atoms. The summed E-state index contributed by atoms with van der Waals surface area (Å²) in [7, 11) is -3.52. The van der Waals surface area contributed by atoms with Gasteiger partial charge >= 0.3 is 0 Å². The largest absolute Gasteiger partial charge is 0.279 e. The highest BCUT2D eigenvalue weighted by atomic mass is 79.9. The van der Waals surface area contributed by atoms with Crippen LogP contribution >= 0.6 is 38.9 Å². The number of thiophene rings is 1. The lowest BCUT2D eigenvalue weighted by atomic mass is 10.2. The van der Waals surface area contributed by atoms with E-state index in [0.29, 0.717) is 11.6 Å². The van der Waals surface area contributed by atoms with Gasteiger partial charge in [0.1, 0.15) is 4.21 Å². The highest BCUT2D eigenvalue weighted by Gasteiger charge is 2.16. The van der Waals surface area contributed by atoms with Crippen LogP contribution in [0, 0.1) is 0 Å². The zero-order valence-electron chi connectivity index (χ0n) is 9.06. The molecule has 0 amide bonds. The van der Waals surface area contributed by atoms with Crippen molar-refractivity contribution in [2.45, 2.75) is 10.1 Å². The first-order valence-corrected chi connectivity index (χ1v) is 8.57. The zero-order chi connectivity index (χ0) is 13.2. The standard InChI is InChI=1S/C11H9BrClNO2S2/c12-10-4-5-11(17-10)18(15,16)14-9-3-1-2-8(6-9)7-13/h1-6,14H,7H2. The molecular formula is C11H9BrClNO2S2. The smallest absolute Gasteiger partial charge is 0.271 e. The predicted octanol–water partition coefficient (Wildman–Crippen LogP) is 4.05. The van der Waals surface area contributed by atoms with Gasteiger partial charge < -0.3 is 0 Å². The van der Waals surface area contributed by atoms with Crippen LogP contribution in [0.5, 0.6) is 0 Å². The fourth-order valence-electron chi connectivity index (χ4n) is 1.37. The Labute approximate surface area is 123 Å². The number of hydrogen-bond acceptors (Lipinski definition) is 3. The van der Waals surface area contributed by atoms with Crippen LogP contribution in [0.3, 0.4) is 0 Å². The van der Waals surface area contributed by atoms with Crippen LogP contribution in [0.25, 0.3) is 0 Å². The highest BCUT2D eigenvalue weighted by molar-refractivity contribution is 9.11. The van der Waals surface area contributed by atoms with E-state index in [4.69, 9.17) is 11.6 Å². The van der Waals surface area contributed by atoms with Gasteiger partial charge in [0.15, 0.2) is 0 Å². The third-order valence-corrected chi connectivity index (χ3v) is 5.95. The first-order valence-electron chi connectivity index (χ1n) is 4.94. The molecule has 0 fully saturated rings. The van der Waals surface area contributed by atoms with E-state index in [1.807, 2.05) is 6.07 Å². The van der Waals surface area contributed by atoms with Crippen molar-refractivity contribution in [3.63, 3.8) is 0 Å². The average molecular weight is 367 g/mol. The Morgan fingerprint density at radius 1 is 1.28 bits per heavy atom. The van der Waals surface area contributed by atoms with Gasteiger partial charge in [0.05, 0.1) is 3.79 Å². The molecule has 0 radical (unpaired) electrons. The Kier molecular flexibility index (Phi) is 4.32. The Balaban J connectivity index is 2.27. The molecule has 0 saturated carbocycles. The number of sulfonamides is 1.